The van der Waals surface area contributed by atoms with Crippen LogP contribution >= 0.6 is 0 Å². The number of fused-ring (bicyclic) bond motifs is 1. The maximum atomic E-state index is 13.4. The Labute approximate surface area is 177 Å². The third-order valence-corrected chi connectivity index (χ3v) is 7.98. The summed E-state index contributed by atoms with van der Waals surface area (Å²) in [6.45, 7) is 12.5. The van der Waals surface area contributed by atoms with Gasteiger partial charge in [0.1, 0.15) is 6.10 Å². The molecule has 4 heteroatoms. The molecule has 0 radical (unpaired) electrons. The number of hydrogen-bond donors (Lipinski definition) is 0. The van der Waals surface area contributed by atoms with Crippen molar-refractivity contribution >= 4 is 27.5 Å². The van der Waals surface area contributed by atoms with Crippen LogP contribution in [0, 0.1) is 17.8 Å². The van der Waals surface area contributed by atoms with Gasteiger partial charge in [-0.15, -0.1) is 0 Å². The molecule has 3 nitrogen and oxygen atoms in total. The van der Waals surface area contributed by atoms with Crippen LogP contribution in [0.3, 0.4) is 0 Å². The van der Waals surface area contributed by atoms with E-state index >= 15 is 0 Å². The Morgan fingerprint density at radius 2 is 1.79 bits per heavy atom. The number of benzene rings is 2. The van der Waals surface area contributed by atoms with Crippen molar-refractivity contribution in [3.63, 3.8) is 0 Å². The van der Waals surface area contributed by atoms with E-state index in [1.165, 1.54) is 6.42 Å². The summed E-state index contributed by atoms with van der Waals surface area (Å²) in [7, 11) is -1.34. The molecule has 2 aromatic rings. The molecule has 29 heavy (non-hydrogen) atoms. The molecule has 0 amide bonds. The zero-order chi connectivity index (χ0) is 21.3. The van der Waals surface area contributed by atoms with Crippen LogP contribution in [-0.4, -0.2) is 21.0 Å². The number of carbonyl (C=O) groups excluding carboxylic acids is 1. The van der Waals surface area contributed by atoms with Crippen molar-refractivity contribution < 1.29 is 13.7 Å². The highest BCUT2D eigenvalue weighted by Gasteiger charge is 2.35. The van der Waals surface area contributed by atoms with Gasteiger partial charge in [0.05, 0.1) is 21.3 Å². The molecule has 0 spiro atoms. The predicted octanol–water partition coefficient (Wildman–Crippen LogP) is 6.36. The SMILES string of the molecule is CC(C)[C@@H]1CC[C@@H](C)C[C@H]1OC(=O)c1ccc2ccccc2c1[S@@](=O)C(C)(C)C. The van der Waals surface area contributed by atoms with Crippen molar-refractivity contribution in [2.75, 3.05) is 0 Å². The first-order valence-electron chi connectivity index (χ1n) is 10.7. The fourth-order valence-corrected chi connectivity index (χ4v) is 5.71. The van der Waals surface area contributed by atoms with Gasteiger partial charge in [-0.2, -0.15) is 0 Å². The van der Waals surface area contributed by atoms with Gasteiger partial charge in [0.2, 0.25) is 0 Å². The van der Waals surface area contributed by atoms with E-state index in [-0.39, 0.29) is 12.1 Å². The van der Waals surface area contributed by atoms with Gasteiger partial charge in [0.25, 0.3) is 0 Å². The zero-order valence-electron chi connectivity index (χ0n) is 18.5. The second kappa shape index (κ2) is 8.59. The molecular formula is C25H34O3S. The van der Waals surface area contributed by atoms with Gasteiger partial charge < -0.3 is 4.74 Å². The second-order valence-electron chi connectivity index (χ2n) is 9.81. The predicted molar refractivity (Wildman–Crippen MR) is 121 cm³/mol. The quantitative estimate of drug-likeness (QED) is 0.546. The summed E-state index contributed by atoms with van der Waals surface area (Å²) in [5.41, 5.74) is 0.442. The van der Waals surface area contributed by atoms with E-state index in [0.29, 0.717) is 28.2 Å². The van der Waals surface area contributed by atoms with Gasteiger partial charge in [0, 0.05) is 4.75 Å². The van der Waals surface area contributed by atoms with E-state index < -0.39 is 15.5 Å². The van der Waals surface area contributed by atoms with Crippen LogP contribution in [0.4, 0.5) is 0 Å². The van der Waals surface area contributed by atoms with Crippen LogP contribution in [0.5, 0.6) is 0 Å². The Morgan fingerprint density at radius 3 is 2.45 bits per heavy atom. The number of esters is 1. The lowest BCUT2D eigenvalue weighted by Crippen LogP contribution is -2.36. The fourth-order valence-electron chi connectivity index (χ4n) is 4.36. The molecule has 0 aromatic heterocycles. The molecule has 2 aromatic carbocycles. The lowest BCUT2D eigenvalue weighted by Gasteiger charge is -2.36. The minimum Gasteiger partial charge on any atom is -0.458 e. The van der Waals surface area contributed by atoms with E-state index in [9.17, 15) is 9.00 Å². The molecule has 0 heterocycles. The van der Waals surface area contributed by atoms with Crippen molar-refractivity contribution in [2.45, 2.75) is 76.6 Å². The smallest absolute Gasteiger partial charge is 0.339 e. The minimum atomic E-state index is -1.34. The van der Waals surface area contributed by atoms with Gasteiger partial charge in [-0.05, 0) is 68.2 Å². The Balaban J connectivity index is 2.02. The molecule has 4 atom stereocenters. The molecule has 3 rings (SSSR count). The van der Waals surface area contributed by atoms with Gasteiger partial charge in [-0.25, -0.2) is 4.79 Å². The average Bonchev–Trinajstić information content (AvgIpc) is 2.65. The summed E-state index contributed by atoms with van der Waals surface area (Å²) in [6, 6.07) is 11.5. The highest BCUT2D eigenvalue weighted by molar-refractivity contribution is 7.86. The summed E-state index contributed by atoms with van der Waals surface area (Å²) >= 11 is 0. The van der Waals surface area contributed by atoms with Gasteiger partial charge in [0.15, 0.2) is 0 Å². The lowest BCUT2D eigenvalue weighted by molar-refractivity contribution is -0.0176. The molecule has 0 unspecified atom stereocenters. The maximum Gasteiger partial charge on any atom is 0.339 e. The molecule has 1 aliphatic carbocycles. The van der Waals surface area contributed by atoms with Crippen molar-refractivity contribution in [2.24, 2.45) is 17.8 Å². The molecule has 0 N–H and O–H groups in total. The zero-order valence-corrected chi connectivity index (χ0v) is 19.3. The first kappa shape index (κ1) is 22.0. The molecule has 1 aliphatic rings. The first-order chi connectivity index (χ1) is 13.6. The monoisotopic (exact) mass is 414 g/mol. The molecule has 1 fully saturated rings. The highest BCUT2D eigenvalue weighted by atomic mass is 32.2. The third-order valence-electron chi connectivity index (χ3n) is 6.06. The topological polar surface area (TPSA) is 43.4 Å². The Morgan fingerprint density at radius 1 is 1.10 bits per heavy atom. The van der Waals surface area contributed by atoms with Crippen LogP contribution in [0.2, 0.25) is 0 Å². The summed E-state index contributed by atoms with van der Waals surface area (Å²) < 4.78 is 19.1. The van der Waals surface area contributed by atoms with E-state index in [2.05, 4.69) is 20.8 Å². The molecule has 1 saturated carbocycles. The van der Waals surface area contributed by atoms with Gasteiger partial charge in [-0.1, -0.05) is 57.5 Å². The van der Waals surface area contributed by atoms with Gasteiger partial charge >= 0.3 is 5.97 Å². The molecule has 0 bridgehead atoms. The lowest BCUT2D eigenvalue weighted by atomic mass is 9.75. The Hall–Kier alpha value is -1.68. The Kier molecular flexibility index (Phi) is 6.52. The normalized spacial score (nSPS) is 23.9. The fraction of sp³-hybridized carbons (Fsp3) is 0.560. The molecule has 0 saturated heterocycles. The average molecular weight is 415 g/mol. The van der Waals surface area contributed by atoms with E-state index in [1.54, 1.807) is 6.07 Å². The molecule has 0 aliphatic heterocycles. The van der Waals surface area contributed by atoms with Crippen molar-refractivity contribution in [3.05, 3.63) is 42.0 Å². The summed E-state index contributed by atoms with van der Waals surface area (Å²) in [4.78, 5) is 13.9. The van der Waals surface area contributed by atoms with Crippen LogP contribution in [0.1, 0.15) is 71.2 Å². The van der Waals surface area contributed by atoms with E-state index in [4.69, 9.17) is 4.74 Å². The van der Waals surface area contributed by atoms with Crippen molar-refractivity contribution in [1.29, 1.82) is 0 Å². The van der Waals surface area contributed by atoms with Crippen molar-refractivity contribution in [3.8, 4) is 0 Å². The van der Waals surface area contributed by atoms with E-state index in [0.717, 1.165) is 23.6 Å². The standard InChI is InChI=1S/C25H34O3S/c1-16(2)19-13-11-17(3)15-22(19)28-24(26)21-14-12-18-9-7-8-10-20(18)23(21)29(27)25(4,5)6/h7-10,12,14,16-17,19,22H,11,13,15H2,1-6H3/t17-,19+,22-,29-/m1/s1. The highest BCUT2D eigenvalue weighted by Crippen LogP contribution is 2.37. The van der Waals surface area contributed by atoms with E-state index in [1.807, 2.05) is 51.1 Å². The summed E-state index contributed by atoms with van der Waals surface area (Å²) in [5, 5.41) is 1.86. The number of carbonyl (C=O) groups is 1. The summed E-state index contributed by atoms with van der Waals surface area (Å²) in [6.07, 6.45) is 3.11. The van der Waals surface area contributed by atoms with Crippen molar-refractivity contribution in [1.82, 2.24) is 0 Å². The maximum absolute atomic E-state index is 13.4. The first-order valence-corrected chi connectivity index (χ1v) is 11.9. The summed E-state index contributed by atoms with van der Waals surface area (Å²) in [5.74, 6) is 1.07. The third kappa shape index (κ3) is 4.74. The number of ether oxygens (including phenoxy) is 1. The van der Waals surface area contributed by atoms with Crippen LogP contribution < -0.4 is 0 Å². The number of rotatable bonds is 4. The van der Waals surface area contributed by atoms with Crippen LogP contribution in [-0.2, 0) is 15.5 Å². The molecule has 158 valence electrons. The number of hydrogen-bond acceptors (Lipinski definition) is 3. The second-order valence-corrected chi connectivity index (χ2v) is 12.0. The largest absolute Gasteiger partial charge is 0.458 e. The van der Waals surface area contributed by atoms with Crippen LogP contribution in [0.15, 0.2) is 41.3 Å². The molecular weight excluding hydrogens is 380 g/mol. The Bertz CT molecular complexity index is 910. The van der Waals surface area contributed by atoms with Crippen LogP contribution in [0.25, 0.3) is 10.8 Å². The van der Waals surface area contributed by atoms with Gasteiger partial charge in [-0.3, -0.25) is 4.21 Å². The minimum absolute atomic E-state index is 0.0753.